The predicted octanol–water partition coefficient (Wildman–Crippen LogP) is 1.41. The lowest BCUT2D eigenvalue weighted by Crippen LogP contribution is -2.55. The van der Waals surface area contributed by atoms with E-state index < -0.39 is 0 Å². The summed E-state index contributed by atoms with van der Waals surface area (Å²) < 4.78 is 0. The molecule has 0 saturated carbocycles. The number of rotatable bonds is 2. The zero-order valence-corrected chi connectivity index (χ0v) is 6.92. The standard InChI is InChI=1S/C8H15NO/c1-4-7-5-8(10)9(7)6(2)3/h6-7H,4-5H2,1-3H3. The molecule has 1 fully saturated rings. The molecule has 1 aliphatic rings. The first-order valence-corrected chi connectivity index (χ1v) is 3.98. The molecule has 1 aliphatic heterocycles. The second-order valence-electron chi connectivity index (χ2n) is 3.16. The van der Waals surface area contributed by atoms with Crippen LogP contribution in [0.3, 0.4) is 0 Å². The fourth-order valence-corrected chi connectivity index (χ4v) is 1.55. The van der Waals surface area contributed by atoms with Crippen molar-refractivity contribution in [3.05, 3.63) is 0 Å². The van der Waals surface area contributed by atoms with Gasteiger partial charge in [0, 0.05) is 18.5 Å². The van der Waals surface area contributed by atoms with Crippen LogP contribution < -0.4 is 0 Å². The Hall–Kier alpha value is -0.530. The lowest BCUT2D eigenvalue weighted by atomic mass is 9.97. The Morgan fingerprint density at radius 2 is 2.30 bits per heavy atom. The first-order valence-electron chi connectivity index (χ1n) is 3.98. The van der Waals surface area contributed by atoms with Crippen molar-refractivity contribution in [3.8, 4) is 0 Å². The summed E-state index contributed by atoms with van der Waals surface area (Å²) in [5.41, 5.74) is 0. The highest BCUT2D eigenvalue weighted by Crippen LogP contribution is 2.24. The molecule has 0 radical (unpaired) electrons. The van der Waals surface area contributed by atoms with Gasteiger partial charge in [-0.25, -0.2) is 0 Å². The fraction of sp³-hybridized carbons (Fsp3) is 0.875. The van der Waals surface area contributed by atoms with E-state index >= 15 is 0 Å². The second kappa shape index (κ2) is 2.60. The van der Waals surface area contributed by atoms with Gasteiger partial charge in [-0.15, -0.1) is 0 Å². The molecular weight excluding hydrogens is 126 g/mol. The van der Waals surface area contributed by atoms with Gasteiger partial charge in [0.25, 0.3) is 0 Å². The Morgan fingerprint density at radius 3 is 2.50 bits per heavy atom. The van der Waals surface area contributed by atoms with Crippen molar-refractivity contribution in [1.82, 2.24) is 4.90 Å². The van der Waals surface area contributed by atoms with Crippen molar-refractivity contribution < 1.29 is 4.79 Å². The van der Waals surface area contributed by atoms with Gasteiger partial charge in [0.05, 0.1) is 0 Å². The van der Waals surface area contributed by atoms with Crippen LogP contribution in [0, 0.1) is 0 Å². The van der Waals surface area contributed by atoms with Crippen LogP contribution >= 0.6 is 0 Å². The van der Waals surface area contributed by atoms with Crippen molar-refractivity contribution in [2.75, 3.05) is 0 Å². The van der Waals surface area contributed by atoms with E-state index in [9.17, 15) is 4.79 Å². The van der Waals surface area contributed by atoms with Crippen molar-refractivity contribution in [2.45, 2.75) is 45.7 Å². The maximum absolute atomic E-state index is 11.0. The quantitative estimate of drug-likeness (QED) is 0.532. The van der Waals surface area contributed by atoms with E-state index in [2.05, 4.69) is 20.8 Å². The van der Waals surface area contributed by atoms with E-state index in [1.807, 2.05) is 4.90 Å². The van der Waals surface area contributed by atoms with E-state index in [4.69, 9.17) is 0 Å². The Labute approximate surface area is 62.2 Å². The zero-order chi connectivity index (χ0) is 7.72. The largest absolute Gasteiger partial charge is 0.337 e. The Balaban J connectivity index is 2.48. The van der Waals surface area contributed by atoms with Crippen LogP contribution in [0.15, 0.2) is 0 Å². The van der Waals surface area contributed by atoms with Crippen molar-refractivity contribution >= 4 is 5.91 Å². The maximum Gasteiger partial charge on any atom is 0.225 e. The highest BCUT2D eigenvalue weighted by Gasteiger charge is 2.35. The smallest absolute Gasteiger partial charge is 0.225 e. The molecule has 1 heterocycles. The molecule has 0 aromatic heterocycles. The minimum Gasteiger partial charge on any atom is -0.337 e. The topological polar surface area (TPSA) is 20.3 Å². The Bertz CT molecular complexity index is 142. The van der Waals surface area contributed by atoms with Crippen LogP contribution in [0.5, 0.6) is 0 Å². The molecule has 1 rings (SSSR count). The molecule has 1 amide bonds. The first kappa shape index (κ1) is 7.58. The van der Waals surface area contributed by atoms with Crippen molar-refractivity contribution in [1.29, 1.82) is 0 Å². The third-order valence-electron chi connectivity index (χ3n) is 2.12. The van der Waals surface area contributed by atoms with Gasteiger partial charge in [0.15, 0.2) is 0 Å². The molecule has 0 bridgehead atoms. The first-order chi connectivity index (χ1) is 4.66. The molecule has 0 aromatic carbocycles. The van der Waals surface area contributed by atoms with Crippen LogP contribution in [0.2, 0.25) is 0 Å². The number of hydrogen-bond donors (Lipinski definition) is 0. The van der Waals surface area contributed by atoms with Gasteiger partial charge in [-0.1, -0.05) is 6.92 Å². The minimum atomic E-state index is 0.321. The molecule has 0 spiro atoms. The summed E-state index contributed by atoms with van der Waals surface area (Å²) in [6.07, 6.45) is 1.87. The molecule has 1 unspecified atom stereocenters. The highest BCUT2D eigenvalue weighted by molar-refractivity contribution is 5.83. The van der Waals surface area contributed by atoms with Crippen LogP contribution in [0.25, 0.3) is 0 Å². The van der Waals surface area contributed by atoms with E-state index in [0.29, 0.717) is 18.0 Å². The van der Waals surface area contributed by atoms with Gasteiger partial charge in [0.1, 0.15) is 0 Å². The number of amides is 1. The maximum atomic E-state index is 11.0. The molecule has 2 nitrogen and oxygen atoms in total. The van der Waals surface area contributed by atoms with E-state index in [1.54, 1.807) is 0 Å². The van der Waals surface area contributed by atoms with Gasteiger partial charge in [-0.05, 0) is 20.3 Å². The number of nitrogens with zero attached hydrogens (tertiary/aromatic N) is 1. The number of carbonyl (C=O) groups excluding carboxylic acids is 1. The van der Waals surface area contributed by atoms with Gasteiger partial charge in [0.2, 0.25) is 5.91 Å². The fourth-order valence-electron chi connectivity index (χ4n) is 1.55. The van der Waals surface area contributed by atoms with Crippen LogP contribution in [-0.4, -0.2) is 22.9 Å². The molecular formula is C8H15NO. The molecule has 1 saturated heterocycles. The monoisotopic (exact) mass is 141 g/mol. The molecule has 10 heavy (non-hydrogen) atoms. The molecule has 0 aliphatic carbocycles. The van der Waals surface area contributed by atoms with E-state index in [0.717, 1.165) is 12.8 Å². The lowest BCUT2D eigenvalue weighted by Gasteiger charge is -2.43. The van der Waals surface area contributed by atoms with Crippen LogP contribution in [-0.2, 0) is 4.79 Å². The summed E-state index contributed by atoms with van der Waals surface area (Å²) in [5, 5.41) is 0. The number of carbonyl (C=O) groups is 1. The molecule has 0 N–H and O–H groups in total. The van der Waals surface area contributed by atoms with Crippen molar-refractivity contribution in [3.63, 3.8) is 0 Å². The normalized spacial score (nSPS) is 25.4. The van der Waals surface area contributed by atoms with Crippen LogP contribution in [0.4, 0.5) is 0 Å². The van der Waals surface area contributed by atoms with Crippen molar-refractivity contribution in [2.24, 2.45) is 0 Å². The minimum absolute atomic E-state index is 0.321. The van der Waals surface area contributed by atoms with Gasteiger partial charge in [-0.3, -0.25) is 4.79 Å². The van der Waals surface area contributed by atoms with Gasteiger partial charge < -0.3 is 4.90 Å². The third kappa shape index (κ3) is 1.02. The highest BCUT2D eigenvalue weighted by atomic mass is 16.2. The van der Waals surface area contributed by atoms with E-state index in [1.165, 1.54) is 0 Å². The third-order valence-corrected chi connectivity index (χ3v) is 2.12. The Morgan fingerprint density at radius 1 is 1.70 bits per heavy atom. The SMILES string of the molecule is CCC1CC(=O)N1C(C)C. The summed E-state index contributed by atoms with van der Waals surface area (Å²) in [7, 11) is 0. The summed E-state index contributed by atoms with van der Waals surface area (Å²) in [5.74, 6) is 0.321. The lowest BCUT2D eigenvalue weighted by molar-refractivity contribution is -0.148. The molecule has 58 valence electrons. The summed E-state index contributed by atoms with van der Waals surface area (Å²) in [6, 6.07) is 0.929. The van der Waals surface area contributed by atoms with Crippen LogP contribution in [0.1, 0.15) is 33.6 Å². The molecule has 0 aromatic rings. The summed E-state index contributed by atoms with van der Waals surface area (Å²) in [4.78, 5) is 12.9. The summed E-state index contributed by atoms with van der Waals surface area (Å²) >= 11 is 0. The second-order valence-corrected chi connectivity index (χ2v) is 3.16. The average Bonchev–Trinajstić information content (AvgIpc) is 1.80. The summed E-state index contributed by atoms with van der Waals surface area (Å²) in [6.45, 7) is 6.27. The zero-order valence-electron chi connectivity index (χ0n) is 6.92. The molecule has 1 atom stereocenters. The van der Waals surface area contributed by atoms with E-state index in [-0.39, 0.29) is 0 Å². The van der Waals surface area contributed by atoms with Gasteiger partial charge in [-0.2, -0.15) is 0 Å². The Kier molecular flexibility index (Phi) is 1.97. The number of likely N-dealkylation sites (tertiary alicyclic amines) is 1. The molecule has 2 heteroatoms. The number of hydrogen-bond acceptors (Lipinski definition) is 1. The predicted molar refractivity (Wildman–Crippen MR) is 40.7 cm³/mol. The number of β-lactam (4-membered cyclic amide) rings is 1. The average molecular weight is 141 g/mol. The van der Waals surface area contributed by atoms with Gasteiger partial charge >= 0.3 is 0 Å².